The molecule has 1 amide bonds. The fraction of sp³-hybridized carbons (Fsp3) is 0.524. The second kappa shape index (κ2) is 7.44. The lowest BCUT2D eigenvalue weighted by molar-refractivity contribution is -0.142. The predicted octanol–water partition coefficient (Wildman–Crippen LogP) is 2.82. The smallest absolute Gasteiger partial charge is 0.309 e. The summed E-state index contributed by atoms with van der Waals surface area (Å²) in [5.41, 5.74) is -0.633. The average Bonchev–Trinajstić information content (AvgIpc) is 3.30. The van der Waals surface area contributed by atoms with Crippen molar-refractivity contribution >= 4 is 17.6 Å². The number of rotatable bonds is 5. The molecule has 0 aromatic heterocycles. The molecular weight excluding hydrogens is 346 g/mol. The van der Waals surface area contributed by atoms with E-state index in [0.29, 0.717) is 18.5 Å². The van der Waals surface area contributed by atoms with E-state index < -0.39 is 23.1 Å². The van der Waals surface area contributed by atoms with E-state index in [-0.39, 0.29) is 18.2 Å². The Morgan fingerprint density at radius 3 is 2.56 bits per heavy atom. The second-order valence-corrected chi connectivity index (χ2v) is 8.05. The molecule has 6 heteroatoms. The summed E-state index contributed by atoms with van der Waals surface area (Å²) in [5.74, 6) is -1.15. The highest BCUT2D eigenvalue weighted by Gasteiger charge is 2.57. The molecule has 0 bridgehead atoms. The van der Waals surface area contributed by atoms with Crippen molar-refractivity contribution in [3.63, 3.8) is 0 Å². The zero-order chi connectivity index (χ0) is 19.7. The van der Waals surface area contributed by atoms with Crippen LogP contribution >= 0.6 is 0 Å². The maximum atomic E-state index is 12.4. The summed E-state index contributed by atoms with van der Waals surface area (Å²) in [4.78, 5) is 23.6. The molecule has 4 unspecified atom stereocenters. The number of carboxylic acids is 1. The lowest BCUT2D eigenvalue weighted by Crippen LogP contribution is -2.44. The number of carboxylic acid groups (broad SMARTS) is 1. The van der Waals surface area contributed by atoms with E-state index in [1.807, 2.05) is 18.2 Å². The van der Waals surface area contributed by atoms with E-state index in [1.165, 1.54) is 0 Å². The van der Waals surface area contributed by atoms with E-state index in [9.17, 15) is 24.9 Å². The molecule has 27 heavy (non-hydrogen) atoms. The minimum Gasteiger partial charge on any atom is -0.481 e. The van der Waals surface area contributed by atoms with Crippen LogP contribution in [0.25, 0.3) is 0 Å². The summed E-state index contributed by atoms with van der Waals surface area (Å²) >= 11 is 0. The quantitative estimate of drug-likeness (QED) is 0.594. The molecule has 0 heterocycles. The van der Waals surface area contributed by atoms with Gasteiger partial charge >= 0.3 is 5.97 Å². The standard InChI is InChI=1S/C21H27NO5/c1-20(19(25)26)12-16(20)14-7-9-15(10-8-14)22-18(24)13-21(27)11-5-3-2-4-6-17(21)23/h4,6-10,16-17,23,27H,2-3,5,11-13H2,1H3,(H,22,24)(H,25,26)/b6-4+. The number of allylic oxidation sites excluding steroid dienone is 1. The molecule has 3 rings (SSSR count). The highest BCUT2D eigenvalue weighted by Crippen LogP contribution is 2.59. The normalized spacial score (nSPS) is 34.2. The molecule has 1 aromatic rings. The number of carbonyl (C=O) groups excluding carboxylic acids is 1. The van der Waals surface area contributed by atoms with Gasteiger partial charge in [0.05, 0.1) is 11.8 Å². The molecule has 2 aliphatic rings. The number of aliphatic hydroxyl groups excluding tert-OH is 1. The maximum absolute atomic E-state index is 12.4. The third kappa shape index (κ3) is 4.22. The Hall–Kier alpha value is -2.18. The van der Waals surface area contributed by atoms with E-state index >= 15 is 0 Å². The van der Waals surface area contributed by atoms with Crippen molar-refractivity contribution in [2.45, 2.75) is 63.1 Å². The summed E-state index contributed by atoms with van der Waals surface area (Å²) in [6, 6.07) is 7.14. The van der Waals surface area contributed by atoms with Gasteiger partial charge in [0.2, 0.25) is 5.91 Å². The van der Waals surface area contributed by atoms with Crippen LogP contribution in [-0.4, -0.2) is 38.9 Å². The molecule has 0 aliphatic heterocycles. The summed E-state index contributed by atoms with van der Waals surface area (Å²) in [7, 11) is 0. The van der Waals surface area contributed by atoms with Crippen LogP contribution in [0.3, 0.4) is 0 Å². The van der Waals surface area contributed by atoms with Crippen LogP contribution < -0.4 is 5.32 Å². The van der Waals surface area contributed by atoms with Crippen LogP contribution in [0.1, 0.15) is 56.9 Å². The summed E-state index contributed by atoms with van der Waals surface area (Å²) in [6.45, 7) is 1.74. The van der Waals surface area contributed by atoms with Gasteiger partial charge in [0, 0.05) is 11.6 Å². The zero-order valence-electron chi connectivity index (χ0n) is 15.5. The Morgan fingerprint density at radius 1 is 1.22 bits per heavy atom. The Morgan fingerprint density at radius 2 is 1.93 bits per heavy atom. The van der Waals surface area contributed by atoms with Gasteiger partial charge in [0.25, 0.3) is 0 Å². The SMILES string of the molecule is CC1(C(=O)O)CC1c1ccc(NC(=O)CC2(O)CCCC/C=C/C2O)cc1. The maximum Gasteiger partial charge on any atom is 0.309 e. The molecule has 0 saturated heterocycles. The molecule has 4 atom stereocenters. The first kappa shape index (κ1) is 19.6. The van der Waals surface area contributed by atoms with Crippen LogP contribution in [0.15, 0.2) is 36.4 Å². The largest absolute Gasteiger partial charge is 0.481 e. The van der Waals surface area contributed by atoms with Gasteiger partial charge < -0.3 is 20.6 Å². The molecule has 6 nitrogen and oxygen atoms in total. The van der Waals surface area contributed by atoms with Crippen molar-refractivity contribution in [1.82, 2.24) is 0 Å². The Labute approximate surface area is 158 Å². The molecule has 2 aliphatic carbocycles. The van der Waals surface area contributed by atoms with Crippen LogP contribution in [0.2, 0.25) is 0 Å². The first-order chi connectivity index (χ1) is 12.7. The first-order valence-corrected chi connectivity index (χ1v) is 9.45. The average molecular weight is 373 g/mol. The molecular formula is C21H27NO5. The zero-order valence-corrected chi connectivity index (χ0v) is 15.5. The van der Waals surface area contributed by atoms with Crippen molar-refractivity contribution in [2.24, 2.45) is 5.41 Å². The van der Waals surface area contributed by atoms with E-state index in [0.717, 1.165) is 24.8 Å². The van der Waals surface area contributed by atoms with Gasteiger partial charge in [-0.3, -0.25) is 9.59 Å². The summed E-state index contributed by atoms with van der Waals surface area (Å²) < 4.78 is 0. The third-order valence-electron chi connectivity index (χ3n) is 5.89. The van der Waals surface area contributed by atoms with Crippen LogP contribution in [0.5, 0.6) is 0 Å². The number of hydrogen-bond donors (Lipinski definition) is 4. The Balaban J connectivity index is 1.60. The van der Waals surface area contributed by atoms with Gasteiger partial charge in [-0.1, -0.05) is 30.7 Å². The van der Waals surface area contributed by atoms with Crippen molar-refractivity contribution in [3.05, 3.63) is 42.0 Å². The monoisotopic (exact) mass is 373 g/mol. The molecule has 0 radical (unpaired) electrons. The van der Waals surface area contributed by atoms with Crippen molar-refractivity contribution < 1.29 is 24.9 Å². The predicted molar refractivity (Wildman–Crippen MR) is 101 cm³/mol. The number of benzene rings is 1. The molecule has 146 valence electrons. The molecule has 0 spiro atoms. The van der Waals surface area contributed by atoms with E-state index in [4.69, 9.17) is 0 Å². The summed E-state index contributed by atoms with van der Waals surface area (Å²) in [6.07, 6.45) is 5.70. The number of hydrogen-bond acceptors (Lipinski definition) is 4. The fourth-order valence-corrected chi connectivity index (χ4v) is 3.81. The Bertz CT molecular complexity index is 743. The lowest BCUT2D eigenvalue weighted by Gasteiger charge is -2.32. The number of anilines is 1. The third-order valence-corrected chi connectivity index (χ3v) is 5.89. The van der Waals surface area contributed by atoms with Crippen molar-refractivity contribution in [1.29, 1.82) is 0 Å². The van der Waals surface area contributed by atoms with Gasteiger partial charge in [-0.2, -0.15) is 0 Å². The van der Waals surface area contributed by atoms with Gasteiger partial charge in [-0.25, -0.2) is 0 Å². The van der Waals surface area contributed by atoms with Crippen molar-refractivity contribution in [3.8, 4) is 0 Å². The van der Waals surface area contributed by atoms with Gasteiger partial charge in [-0.15, -0.1) is 0 Å². The molecule has 1 fully saturated rings. The lowest BCUT2D eigenvalue weighted by atomic mass is 9.84. The van der Waals surface area contributed by atoms with Gasteiger partial charge in [0.15, 0.2) is 0 Å². The van der Waals surface area contributed by atoms with Gasteiger partial charge in [0.1, 0.15) is 11.7 Å². The molecule has 1 saturated carbocycles. The topological polar surface area (TPSA) is 107 Å². The van der Waals surface area contributed by atoms with E-state index in [1.54, 1.807) is 25.1 Å². The van der Waals surface area contributed by atoms with Crippen LogP contribution in [0.4, 0.5) is 5.69 Å². The molecule has 4 N–H and O–H groups in total. The minimum atomic E-state index is -1.46. The van der Waals surface area contributed by atoms with Crippen LogP contribution in [-0.2, 0) is 9.59 Å². The number of nitrogens with one attached hydrogen (secondary N) is 1. The number of aliphatic hydroxyl groups is 2. The minimum absolute atomic E-state index is 0.00248. The fourth-order valence-electron chi connectivity index (χ4n) is 3.81. The number of aliphatic carboxylic acids is 1. The van der Waals surface area contributed by atoms with Crippen LogP contribution in [0, 0.1) is 5.41 Å². The highest BCUT2D eigenvalue weighted by atomic mass is 16.4. The second-order valence-electron chi connectivity index (χ2n) is 8.05. The highest BCUT2D eigenvalue weighted by molar-refractivity contribution is 5.91. The number of carbonyl (C=O) groups is 2. The molecule has 1 aromatic carbocycles. The van der Waals surface area contributed by atoms with Gasteiger partial charge in [-0.05, 0) is 50.3 Å². The number of amides is 1. The van der Waals surface area contributed by atoms with E-state index in [2.05, 4.69) is 5.32 Å². The summed E-state index contributed by atoms with van der Waals surface area (Å²) in [5, 5.41) is 32.9. The Kier molecular flexibility index (Phi) is 5.40. The first-order valence-electron chi connectivity index (χ1n) is 9.45. The van der Waals surface area contributed by atoms with Crippen molar-refractivity contribution in [2.75, 3.05) is 5.32 Å².